The van der Waals surface area contributed by atoms with Crippen LogP contribution < -0.4 is 4.74 Å². The van der Waals surface area contributed by atoms with E-state index in [1.165, 1.54) is 5.56 Å². The van der Waals surface area contributed by atoms with Crippen LogP contribution in [-0.4, -0.2) is 39.4 Å². The van der Waals surface area contributed by atoms with Gasteiger partial charge in [-0.3, -0.25) is 0 Å². The van der Waals surface area contributed by atoms with Crippen molar-refractivity contribution in [1.29, 1.82) is 0 Å². The first-order valence-electron chi connectivity index (χ1n) is 6.55. The summed E-state index contributed by atoms with van der Waals surface area (Å²) >= 11 is 3.58. The maximum atomic E-state index is 5.51. The Hall–Kier alpha value is -0.580. The van der Waals surface area contributed by atoms with Gasteiger partial charge in [-0.25, -0.2) is 0 Å². The van der Waals surface area contributed by atoms with Gasteiger partial charge in [-0.05, 0) is 36.5 Å². The Bertz CT molecular complexity index is 327. The maximum absolute atomic E-state index is 5.51. The zero-order chi connectivity index (χ0) is 13.9. The van der Waals surface area contributed by atoms with E-state index in [1.807, 2.05) is 12.1 Å². The average Bonchev–Trinajstić information content (AvgIpc) is 2.46. The van der Waals surface area contributed by atoms with E-state index in [1.54, 1.807) is 14.2 Å². The van der Waals surface area contributed by atoms with Crippen LogP contribution >= 0.6 is 15.9 Å². The van der Waals surface area contributed by atoms with Crippen molar-refractivity contribution in [2.45, 2.75) is 12.8 Å². The highest BCUT2D eigenvalue weighted by Crippen LogP contribution is 2.18. The van der Waals surface area contributed by atoms with Crippen LogP contribution in [0.3, 0.4) is 0 Å². The second-order valence-electron chi connectivity index (χ2n) is 4.47. The van der Waals surface area contributed by atoms with Crippen molar-refractivity contribution < 1.29 is 14.2 Å². The van der Waals surface area contributed by atoms with Crippen LogP contribution in [0, 0.1) is 5.92 Å². The Morgan fingerprint density at radius 3 is 2.37 bits per heavy atom. The van der Waals surface area contributed by atoms with Gasteiger partial charge < -0.3 is 14.2 Å². The second kappa shape index (κ2) is 10.2. The summed E-state index contributed by atoms with van der Waals surface area (Å²) in [6, 6.07) is 8.27. The highest BCUT2D eigenvalue weighted by Gasteiger charge is 2.08. The molecule has 0 saturated carbocycles. The van der Waals surface area contributed by atoms with Crippen LogP contribution in [0.15, 0.2) is 24.3 Å². The molecule has 0 amide bonds. The van der Waals surface area contributed by atoms with Gasteiger partial charge in [-0.2, -0.15) is 0 Å². The Morgan fingerprint density at radius 1 is 1.05 bits per heavy atom. The normalized spacial score (nSPS) is 12.4. The molecule has 0 N–H and O–H groups in total. The van der Waals surface area contributed by atoms with E-state index >= 15 is 0 Å². The van der Waals surface area contributed by atoms with E-state index in [9.17, 15) is 0 Å². The molecule has 0 aliphatic carbocycles. The Balaban J connectivity index is 2.30. The van der Waals surface area contributed by atoms with Gasteiger partial charge in [0.2, 0.25) is 0 Å². The Morgan fingerprint density at radius 2 is 1.79 bits per heavy atom. The summed E-state index contributed by atoms with van der Waals surface area (Å²) < 4.78 is 15.6. The lowest BCUT2D eigenvalue weighted by atomic mass is 9.98. The van der Waals surface area contributed by atoms with Gasteiger partial charge in [0, 0.05) is 19.0 Å². The summed E-state index contributed by atoms with van der Waals surface area (Å²) in [5.41, 5.74) is 1.34. The summed E-state index contributed by atoms with van der Waals surface area (Å²) in [4.78, 5) is 0. The fraction of sp³-hybridized carbons (Fsp3) is 0.600. The fourth-order valence-electron chi connectivity index (χ4n) is 1.82. The first kappa shape index (κ1) is 16.5. The summed E-state index contributed by atoms with van der Waals surface area (Å²) in [7, 11) is 3.38. The molecule has 0 aromatic heterocycles. The third-order valence-electron chi connectivity index (χ3n) is 3.00. The minimum absolute atomic E-state index is 0.593. The van der Waals surface area contributed by atoms with Crippen LogP contribution in [0.5, 0.6) is 5.75 Å². The molecular weight excluding hydrogens is 308 g/mol. The first-order chi connectivity index (χ1) is 9.30. The molecule has 1 unspecified atom stereocenters. The smallest absolute Gasteiger partial charge is 0.118 e. The van der Waals surface area contributed by atoms with Crippen molar-refractivity contribution in [1.82, 2.24) is 0 Å². The summed E-state index contributed by atoms with van der Waals surface area (Å²) in [6.07, 6.45) is 2.11. The Kier molecular flexibility index (Phi) is 8.88. The molecule has 0 aliphatic rings. The number of halogens is 1. The van der Waals surface area contributed by atoms with Gasteiger partial charge in [0.25, 0.3) is 0 Å². The minimum Gasteiger partial charge on any atom is -0.497 e. The standard InChI is InChI=1S/C15H23BrO3/c1-17-9-10-19-8-7-14(12-16)11-13-3-5-15(18-2)6-4-13/h3-6,14H,7-12H2,1-2H3. The van der Waals surface area contributed by atoms with Crippen molar-refractivity contribution in [3.05, 3.63) is 29.8 Å². The topological polar surface area (TPSA) is 27.7 Å². The summed E-state index contributed by atoms with van der Waals surface area (Å²) in [6.45, 7) is 2.13. The Labute approximate surface area is 124 Å². The van der Waals surface area contributed by atoms with Gasteiger partial charge in [0.15, 0.2) is 0 Å². The van der Waals surface area contributed by atoms with Crippen molar-refractivity contribution in [2.75, 3.05) is 39.4 Å². The molecule has 4 heteroatoms. The van der Waals surface area contributed by atoms with Crippen LogP contribution in [0.4, 0.5) is 0 Å². The number of rotatable bonds is 10. The molecule has 19 heavy (non-hydrogen) atoms. The first-order valence-corrected chi connectivity index (χ1v) is 7.68. The molecule has 1 aromatic rings. The van der Waals surface area contributed by atoms with Crippen LogP contribution in [0.2, 0.25) is 0 Å². The maximum Gasteiger partial charge on any atom is 0.118 e. The molecule has 1 rings (SSSR count). The zero-order valence-corrected chi connectivity index (χ0v) is 13.3. The lowest BCUT2D eigenvalue weighted by molar-refractivity contribution is 0.0648. The van der Waals surface area contributed by atoms with Gasteiger partial charge in [0.1, 0.15) is 5.75 Å². The lowest BCUT2D eigenvalue weighted by Crippen LogP contribution is -2.11. The SMILES string of the molecule is COCCOCCC(CBr)Cc1ccc(OC)cc1. The highest BCUT2D eigenvalue weighted by molar-refractivity contribution is 9.09. The van der Waals surface area contributed by atoms with E-state index in [0.29, 0.717) is 19.1 Å². The third kappa shape index (κ3) is 6.95. The highest BCUT2D eigenvalue weighted by atomic mass is 79.9. The van der Waals surface area contributed by atoms with Gasteiger partial charge in [-0.1, -0.05) is 28.1 Å². The number of benzene rings is 1. The van der Waals surface area contributed by atoms with Crippen molar-refractivity contribution >= 4 is 15.9 Å². The predicted molar refractivity (Wildman–Crippen MR) is 81.3 cm³/mol. The van der Waals surface area contributed by atoms with Gasteiger partial charge >= 0.3 is 0 Å². The number of hydrogen-bond donors (Lipinski definition) is 0. The van der Waals surface area contributed by atoms with Crippen LogP contribution in [-0.2, 0) is 15.9 Å². The monoisotopic (exact) mass is 330 g/mol. The van der Waals surface area contributed by atoms with Crippen LogP contribution in [0.25, 0.3) is 0 Å². The zero-order valence-electron chi connectivity index (χ0n) is 11.7. The van der Waals surface area contributed by atoms with E-state index in [2.05, 4.69) is 28.1 Å². The van der Waals surface area contributed by atoms with E-state index in [4.69, 9.17) is 14.2 Å². The number of hydrogen-bond acceptors (Lipinski definition) is 3. The summed E-state index contributed by atoms with van der Waals surface area (Å²) in [5, 5.41) is 0.993. The molecular formula is C15H23BrO3. The predicted octanol–water partition coefficient (Wildman–Crippen LogP) is 3.30. The molecule has 1 aromatic carbocycles. The van der Waals surface area contributed by atoms with E-state index in [-0.39, 0.29) is 0 Å². The minimum atomic E-state index is 0.593. The molecule has 0 fully saturated rings. The van der Waals surface area contributed by atoms with Crippen LogP contribution in [0.1, 0.15) is 12.0 Å². The fourth-order valence-corrected chi connectivity index (χ4v) is 2.38. The molecule has 0 aliphatic heterocycles. The lowest BCUT2D eigenvalue weighted by Gasteiger charge is -2.14. The molecule has 0 spiro atoms. The van der Waals surface area contributed by atoms with Crippen molar-refractivity contribution in [3.8, 4) is 5.75 Å². The molecule has 0 radical (unpaired) electrons. The number of alkyl halides is 1. The summed E-state index contributed by atoms with van der Waals surface area (Å²) in [5.74, 6) is 1.50. The average molecular weight is 331 g/mol. The van der Waals surface area contributed by atoms with E-state index < -0.39 is 0 Å². The van der Waals surface area contributed by atoms with Gasteiger partial charge in [0.05, 0.1) is 20.3 Å². The van der Waals surface area contributed by atoms with Crippen molar-refractivity contribution in [3.63, 3.8) is 0 Å². The van der Waals surface area contributed by atoms with Crippen molar-refractivity contribution in [2.24, 2.45) is 5.92 Å². The van der Waals surface area contributed by atoms with Gasteiger partial charge in [-0.15, -0.1) is 0 Å². The third-order valence-corrected chi connectivity index (χ3v) is 3.92. The molecule has 0 heterocycles. The molecule has 1 atom stereocenters. The number of ether oxygens (including phenoxy) is 3. The largest absolute Gasteiger partial charge is 0.497 e. The molecule has 0 bridgehead atoms. The molecule has 0 saturated heterocycles. The molecule has 3 nitrogen and oxygen atoms in total. The second-order valence-corrected chi connectivity index (χ2v) is 5.11. The quantitative estimate of drug-likeness (QED) is 0.486. The molecule has 108 valence electrons. The number of methoxy groups -OCH3 is 2. The van der Waals surface area contributed by atoms with E-state index in [0.717, 1.165) is 30.5 Å².